The normalized spacial score (nSPS) is 11.2. The summed E-state index contributed by atoms with van der Waals surface area (Å²) in [5.74, 6) is 0.652. The van der Waals surface area contributed by atoms with Gasteiger partial charge in [-0.2, -0.15) is 4.98 Å². The number of benzene rings is 1. The number of nitrogens with one attached hydrogen (secondary N) is 1. The van der Waals surface area contributed by atoms with E-state index in [9.17, 15) is 4.39 Å². The van der Waals surface area contributed by atoms with Gasteiger partial charge in [0.1, 0.15) is 23.5 Å². The van der Waals surface area contributed by atoms with Gasteiger partial charge in [0.15, 0.2) is 0 Å². The summed E-state index contributed by atoms with van der Waals surface area (Å²) in [5, 5.41) is 12.1. The van der Waals surface area contributed by atoms with Crippen molar-refractivity contribution < 1.29 is 13.9 Å². The van der Waals surface area contributed by atoms with E-state index in [4.69, 9.17) is 9.52 Å². The van der Waals surface area contributed by atoms with E-state index in [0.29, 0.717) is 23.2 Å². The number of rotatable bonds is 8. The van der Waals surface area contributed by atoms with Crippen molar-refractivity contribution in [3.63, 3.8) is 0 Å². The highest BCUT2D eigenvalue weighted by Crippen LogP contribution is 2.32. The van der Waals surface area contributed by atoms with Crippen LogP contribution >= 0.6 is 0 Å². The predicted octanol–water partition coefficient (Wildman–Crippen LogP) is 3.76. The fourth-order valence-corrected chi connectivity index (χ4v) is 3.03. The monoisotopic (exact) mass is 381 g/mol. The smallest absolute Gasteiger partial charge is 0.306 e. The molecule has 8 heteroatoms. The Kier molecular flexibility index (Phi) is 5.29. The molecule has 4 aromatic rings. The van der Waals surface area contributed by atoms with Gasteiger partial charge in [0.2, 0.25) is 5.95 Å². The van der Waals surface area contributed by atoms with Gasteiger partial charge in [-0.15, -0.1) is 0 Å². The van der Waals surface area contributed by atoms with Gasteiger partial charge in [-0.05, 0) is 49.6 Å². The van der Waals surface area contributed by atoms with Gasteiger partial charge < -0.3 is 14.8 Å². The number of unbranched alkanes of at least 4 members (excludes halogenated alkanes) is 2. The minimum atomic E-state index is -0.303. The van der Waals surface area contributed by atoms with Gasteiger partial charge >= 0.3 is 5.84 Å². The third-order valence-electron chi connectivity index (χ3n) is 4.40. The van der Waals surface area contributed by atoms with Crippen LogP contribution in [0.5, 0.6) is 0 Å². The van der Waals surface area contributed by atoms with Crippen molar-refractivity contribution in [3.05, 3.63) is 54.8 Å². The fourth-order valence-electron chi connectivity index (χ4n) is 3.03. The molecule has 28 heavy (non-hydrogen) atoms. The summed E-state index contributed by atoms with van der Waals surface area (Å²) in [4.78, 5) is 13.4. The second-order valence-electron chi connectivity index (χ2n) is 6.35. The Balaban J connectivity index is 1.67. The van der Waals surface area contributed by atoms with E-state index in [1.807, 2.05) is 4.40 Å². The molecule has 0 aliphatic rings. The Hall–Kier alpha value is -3.26. The topological polar surface area (TPSA) is 88.5 Å². The highest BCUT2D eigenvalue weighted by Gasteiger charge is 2.19. The van der Waals surface area contributed by atoms with Gasteiger partial charge in [0.05, 0.1) is 5.69 Å². The van der Waals surface area contributed by atoms with Crippen LogP contribution in [0.4, 0.5) is 10.3 Å². The van der Waals surface area contributed by atoms with Crippen molar-refractivity contribution in [1.29, 1.82) is 0 Å². The molecule has 0 fully saturated rings. The summed E-state index contributed by atoms with van der Waals surface area (Å²) in [5.41, 5.74) is 2.86. The summed E-state index contributed by atoms with van der Waals surface area (Å²) in [6.07, 6.45) is 7.67. The molecule has 7 nitrogen and oxygen atoms in total. The van der Waals surface area contributed by atoms with Crippen LogP contribution in [0.1, 0.15) is 19.3 Å². The minimum absolute atomic E-state index is 0.208. The van der Waals surface area contributed by atoms with Gasteiger partial charge in [0, 0.05) is 31.1 Å². The molecule has 0 spiro atoms. The number of oxazole rings is 1. The van der Waals surface area contributed by atoms with E-state index in [0.717, 1.165) is 37.1 Å². The lowest BCUT2D eigenvalue weighted by Gasteiger charge is -2.07. The molecule has 0 aliphatic heterocycles. The average Bonchev–Trinajstić information content (AvgIpc) is 3.30. The van der Waals surface area contributed by atoms with Gasteiger partial charge in [-0.25, -0.2) is 14.4 Å². The minimum Gasteiger partial charge on any atom is -0.432 e. The molecule has 0 amide bonds. The molecular formula is C20H20FN5O2. The summed E-state index contributed by atoms with van der Waals surface area (Å²) in [6, 6.07) is 7.98. The standard InChI is InChI=1S/C20H20FN5O2/c21-15-6-4-14(5-7-15)17-18(26-11-13-28-20(26)25-17)16-8-10-23-19(24-16)22-9-2-1-3-12-27/h4-8,10-11,13,27H,1-3,9,12H2,(H,22,23,24). The third-order valence-corrected chi connectivity index (χ3v) is 4.40. The van der Waals surface area contributed by atoms with E-state index in [1.54, 1.807) is 36.9 Å². The zero-order valence-corrected chi connectivity index (χ0v) is 15.2. The molecule has 3 heterocycles. The maximum Gasteiger partial charge on any atom is 0.306 e. The van der Waals surface area contributed by atoms with E-state index in [-0.39, 0.29) is 12.4 Å². The number of fused-ring (bicyclic) bond motifs is 1. The number of hydrogen-bond acceptors (Lipinski definition) is 6. The Labute approximate surface area is 160 Å². The van der Waals surface area contributed by atoms with Crippen LogP contribution in [-0.4, -0.2) is 37.6 Å². The third kappa shape index (κ3) is 3.72. The predicted molar refractivity (Wildman–Crippen MR) is 103 cm³/mol. The number of halogens is 1. The lowest BCUT2D eigenvalue weighted by atomic mass is 10.1. The second kappa shape index (κ2) is 8.18. The molecule has 2 N–H and O–H groups in total. The molecule has 0 bridgehead atoms. The van der Waals surface area contributed by atoms with E-state index < -0.39 is 0 Å². The van der Waals surface area contributed by atoms with Crippen LogP contribution in [-0.2, 0) is 0 Å². The lowest BCUT2D eigenvalue weighted by molar-refractivity contribution is 0.283. The summed E-state index contributed by atoms with van der Waals surface area (Å²) in [6.45, 7) is 0.932. The first kappa shape index (κ1) is 18.1. The molecule has 4 rings (SSSR count). The first-order valence-electron chi connectivity index (χ1n) is 9.16. The van der Waals surface area contributed by atoms with Crippen LogP contribution in [0.3, 0.4) is 0 Å². The van der Waals surface area contributed by atoms with E-state index in [1.165, 1.54) is 12.1 Å². The van der Waals surface area contributed by atoms with Crippen molar-refractivity contribution in [3.8, 4) is 22.6 Å². The summed E-state index contributed by atoms with van der Waals surface area (Å²) < 4.78 is 20.6. The fraction of sp³-hybridized carbons (Fsp3) is 0.250. The van der Waals surface area contributed by atoms with Crippen molar-refractivity contribution >= 4 is 11.8 Å². The van der Waals surface area contributed by atoms with Crippen molar-refractivity contribution in [2.75, 3.05) is 18.5 Å². The summed E-state index contributed by atoms with van der Waals surface area (Å²) >= 11 is 0. The van der Waals surface area contributed by atoms with Gasteiger partial charge in [-0.1, -0.05) is 0 Å². The first-order valence-corrected chi connectivity index (χ1v) is 9.16. The number of nitrogens with zero attached hydrogens (tertiary/aromatic N) is 4. The molecule has 0 saturated carbocycles. The number of hydrogen-bond donors (Lipinski definition) is 2. The number of imidazole rings is 1. The molecule has 0 radical (unpaired) electrons. The van der Waals surface area contributed by atoms with Crippen molar-refractivity contribution in [2.24, 2.45) is 0 Å². The molecule has 0 unspecified atom stereocenters. The highest BCUT2D eigenvalue weighted by molar-refractivity contribution is 5.79. The second-order valence-corrected chi connectivity index (χ2v) is 6.35. The Bertz CT molecular complexity index is 1060. The largest absolute Gasteiger partial charge is 0.432 e. The molecule has 1 aromatic carbocycles. The lowest BCUT2D eigenvalue weighted by Crippen LogP contribution is -2.06. The number of aromatic nitrogens is 4. The van der Waals surface area contributed by atoms with Crippen LogP contribution < -0.4 is 5.32 Å². The Morgan fingerprint density at radius 3 is 2.75 bits per heavy atom. The van der Waals surface area contributed by atoms with Crippen molar-refractivity contribution in [1.82, 2.24) is 19.4 Å². The molecule has 144 valence electrons. The van der Waals surface area contributed by atoms with Gasteiger partial charge in [0.25, 0.3) is 0 Å². The summed E-state index contributed by atoms with van der Waals surface area (Å²) in [7, 11) is 0. The SMILES string of the molecule is OCCCCCNc1nccc(-c2c(-c3ccc(F)cc3)nc3occn23)n1. The molecule has 0 aliphatic carbocycles. The van der Waals surface area contributed by atoms with E-state index in [2.05, 4.69) is 20.3 Å². The zero-order valence-electron chi connectivity index (χ0n) is 15.2. The van der Waals surface area contributed by atoms with Crippen LogP contribution in [0.25, 0.3) is 28.5 Å². The first-order chi connectivity index (χ1) is 13.8. The van der Waals surface area contributed by atoms with Crippen molar-refractivity contribution in [2.45, 2.75) is 19.3 Å². The maximum absolute atomic E-state index is 13.3. The van der Waals surface area contributed by atoms with Crippen LogP contribution in [0.2, 0.25) is 0 Å². The molecule has 0 saturated heterocycles. The quantitative estimate of drug-likeness (QED) is 0.452. The number of anilines is 1. The van der Waals surface area contributed by atoms with Crippen LogP contribution in [0.15, 0.2) is 53.4 Å². The van der Waals surface area contributed by atoms with E-state index >= 15 is 0 Å². The van der Waals surface area contributed by atoms with Crippen LogP contribution in [0, 0.1) is 5.82 Å². The number of aliphatic hydroxyl groups excluding tert-OH is 1. The molecule has 3 aromatic heterocycles. The zero-order chi connectivity index (χ0) is 19.3. The molecular weight excluding hydrogens is 361 g/mol. The Morgan fingerprint density at radius 1 is 1.07 bits per heavy atom. The maximum atomic E-state index is 13.3. The number of aliphatic hydroxyl groups is 1. The molecule has 0 atom stereocenters. The highest BCUT2D eigenvalue weighted by atomic mass is 19.1. The average molecular weight is 381 g/mol. The van der Waals surface area contributed by atoms with Gasteiger partial charge in [-0.3, -0.25) is 4.40 Å². The Morgan fingerprint density at radius 2 is 1.93 bits per heavy atom.